The van der Waals surface area contributed by atoms with Crippen molar-refractivity contribution in [1.29, 1.82) is 0 Å². The highest BCUT2D eigenvalue weighted by atomic mass is 19.1. The van der Waals surface area contributed by atoms with E-state index in [0.29, 0.717) is 18.5 Å². The fourth-order valence-electron chi connectivity index (χ4n) is 1.15. The summed E-state index contributed by atoms with van der Waals surface area (Å²) >= 11 is 0. The third-order valence-corrected chi connectivity index (χ3v) is 1.97. The Morgan fingerprint density at radius 1 is 1.62 bits per heavy atom. The van der Waals surface area contributed by atoms with Crippen molar-refractivity contribution in [2.24, 2.45) is 0 Å². The molecule has 0 aliphatic heterocycles. The summed E-state index contributed by atoms with van der Waals surface area (Å²) in [6.07, 6.45) is 5.51. The van der Waals surface area contributed by atoms with Gasteiger partial charge in [0.1, 0.15) is 0 Å². The van der Waals surface area contributed by atoms with Gasteiger partial charge >= 0.3 is 0 Å². The molecule has 4 heteroatoms. The van der Waals surface area contributed by atoms with E-state index in [1.807, 2.05) is 0 Å². The zero-order valence-electron chi connectivity index (χ0n) is 8.92. The molecule has 0 atom stereocenters. The maximum absolute atomic E-state index is 13.1. The van der Waals surface area contributed by atoms with Crippen LogP contribution in [0.3, 0.4) is 0 Å². The third-order valence-electron chi connectivity index (χ3n) is 1.97. The molecule has 0 radical (unpaired) electrons. The molecule has 1 aromatic carbocycles. The molecule has 0 unspecified atom stereocenters. The van der Waals surface area contributed by atoms with Crippen molar-refractivity contribution < 1.29 is 13.9 Å². The van der Waals surface area contributed by atoms with E-state index < -0.39 is 5.82 Å². The van der Waals surface area contributed by atoms with Gasteiger partial charge in [-0.15, -0.1) is 12.3 Å². The second-order valence-corrected chi connectivity index (χ2v) is 3.06. The molecule has 0 aliphatic carbocycles. The molecule has 3 nitrogen and oxygen atoms in total. The summed E-state index contributed by atoms with van der Waals surface area (Å²) in [6, 6.07) is 3.93. The van der Waals surface area contributed by atoms with E-state index in [2.05, 4.69) is 11.2 Å². The Kier molecular flexibility index (Phi) is 4.34. The van der Waals surface area contributed by atoms with E-state index in [1.54, 1.807) is 0 Å². The number of rotatable bonds is 4. The number of amides is 1. The molecule has 0 fully saturated rings. The summed E-state index contributed by atoms with van der Waals surface area (Å²) in [5.41, 5.74) is 0.343. The quantitative estimate of drug-likeness (QED) is 0.619. The summed E-state index contributed by atoms with van der Waals surface area (Å²) < 4.78 is 17.8. The lowest BCUT2D eigenvalue weighted by Gasteiger charge is -2.06. The minimum absolute atomic E-state index is 0.0459. The Balaban J connectivity index is 2.73. The first-order valence-electron chi connectivity index (χ1n) is 4.74. The molecule has 0 aromatic heterocycles. The van der Waals surface area contributed by atoms with Crippen LogP contribution >= 0.6 is 0 Å². The number of carbonyl (C=O) groups excluding carboxylic acids is 1. The molecule has 0 aliphatic rings. The Hall–Kier alpha value is -2.02. The molecule has 1 amide bonds. The number of halogens is 1. The summed E-state index contributed by atoms with van der Waals surface area (Å²) in [4.78, 5) is 11.5. The van der Waals surface area contributed by atoms with Gasteiger partial charge in [-0.2, -0.15) is 0 Å². The summed E-state index contributed by atoms with van der Waals surface area (Å²) in [7, 11) is 1.35. The lowest BCUT2D eigenvalue weighted by molar-refractivity contribution is 0.0954. The van der Waals surface area contributed by atoms with E-state index in [1.165, 1.54) is 25.3 Å². The minimum atomic E-state index is -0.498. The van der Waals surface area contributed by atoms with Crippen LogP contribution in [0.25, 0.3) is 0 Å². The molecule has 0 saturated carbocycles. The summed E-state index contributed by atoms with van der Waals surface area (Å²) in [5, 5.41) is 2.61. The molecule has 0 spiro atoms. The van der Waals surface area contributed by atoms with Crippen molar-refractivity contribution in [3.63, 3.8) is 0 Å². The number of hydrogen-bond acceptors (Lipinski definition) is 2. The first kappa shape index (κ1) is 12.1. The van der Waals surface area contributed by atoms with Gasteiger partial charge in [-0.3, -0.25) is 4.79 Å². The van der Waals surface area contributed by atoms with Crippen LogP contribution in [0.2, 0.25) is 0 Å². The monoisotopic (exact) mass is 221 g/mol. The van der Waals surface area contributed by atoms with Crippen molar-refractivity contribution in [3.05, 3.63) is 29.6 Å². The zero-order chi connectivity index (χ0) is 12.0. The number of carbonyl (C=O) groups is 1. The number of ether oxygens (including phenoxy) is 1. The van der Waals surface area contributed by atoms with Crippen molar-refractivity contribution in [2.45, 2.75) is 6.42 Å². The van der Waals surface area contributed by atoms with Gasteiger partial charge in [-0.05, 0) is 18.2 Å². The summed E-state index contributed by atoms with van der Waals surface area (Å²) in [6.45, 7) is 0.398. The fraction of sp³-hybridized carbons (Fsp3) is 0.250. The number of hydrogen-bond donors (Lipinski definition) is 1. The van der Waals surface area contributed by atoms with Crippen LogP contribution in [0, 0.1) is 18.2 Å². The van der Waals surface area contributed by atoms with Crippen molar-refractivity contribution in [2.75, 3.05) is 13.7 Å². The van der Waals surface area contributed by atoms with Gasteiger partial charge < -0.3 is 10.1 Å². The number of terminal acetylenes is 1. The normalized spacial score (nSPS) is 9.31. The highest BCUT2D eigenvalue weighted by Crippen LogP contribution is 2.17. The van der Waals surface area contributed by atoms with Gasteiger partial charge in [0.15, 0.2) is 11.6 Å². The molecule has 1 rings (SSSR count). The Bertz CT molecular complexity index is 424. The lowest BCUT2D eigenvalue weighted by atomic mass is 10.2. The van der Waals surface area contributed by atoms with Gasteiger partial charge in [0.2, 0.25) is 0 Å². The highest BCUT2D eigenvalue weighted by Gasteiger charge is 2.09. The maximum atomic E-state index is 13.1. The van der Waals surface area contributed by atoms with Crippen molar-refractivity contribution in [1.82, 2.24) is 5.32 Å². The van der Waals surface area contributed by atoms with Gasteiger partial charge in [0, 0.05) is 18.5 Å². The number of methoxy groups -OCH3 is 1. The highest BCUT2D eigenvalue weighted by molar-refractivity contribution is 5.94. The van der Waals surface area contributed by atoms with Gasteiger partial charge in [0.25, 0.3) is 5.91 Å². The van der Waals surface area contributed by atoms with Crippen LogP contribution in [-0.4, -0.2) is 19.6 Å². The molecule has 16 heavy (non-hydrogen) atoms. The average Bonchev–Trinajstić information content (AvgIpc) is 2.30. The molecule has 0 saturated heterocycles. The molecule has 1 aromatic rings. The van der Waals surface area contributed by atoms with Crippen LogP contribution in [0.5, 0.6) is 5.75 Å². The van der Waals surface area contributed by atoms with Crippen LogP contribution in [0.4, 0.5) is 4.39 Å². The maximum Gasteiger partial charge on any atom is 0.251 e. The Labute approximate surface area is 93.6 Å². The van der Waals surface area contributed by atoms with Crippen LogP contribution in [0.15, 0.2) is 18.2 Å². The van der Waals surface area contributed by atoms with Crippen LogP contribution in [-0.2, 0) is 0 Å². The Morgan fingerprint density at radius 2 is 2.38 bits per heavy atom. The lowest BCUT2D eigenvalue weighted by Crippen LogP contribution is -2.24. The molecule has 84 valence electrons. The van der Waals surface area contributed by atoms with Gasteiger partial charge in [-0.25, -0.2) is 4.39 Å². The molecule has 1 N–H and O–H groups in total. The molecule has 0 bridgehead atoms. The second kappa shape index (κ2) is 5.76. The predicted octanol–water partition coefficient (Wildman–Crippen LogP) is 1.59. The van der Waals surface area contributed by atoms with E-state index in [0.717, 1.165) is 0 Å². The number of benzene rings is 1. The van der Waals surface area contributed by atoms with Gasteiger partial charge in [0.05, 0.1) is 7.11 Å². The second-order valence-electron chi connectivity index (χ2n) is 3.06. The first-order chi connectivity index (χ1) is 7.69. The molecular weight excluding hydrogens is 209 g/mol. The fourth-order valence-corrected chi connectivity index (χ4v) is 1.15. The standard InChI is InChI=1S/C12H12FNO2/c1-3-4-7-14-12(15)9-5-6-10(13)11(8-9)16-2/h1,5-6,8H,4,7H2,2H3,(H,14,15). The van der Waals surface area contributed by atoms with Crippen molar-refractivity contribution >= 4 is 5.91 Å². The van der Waals surface area contributed by atoms with Crippen molar-refractivity contribution in [3.8, 4) is 18.1 Å². The summed E-state index contributed by atoms with van der Waals surface area (Å²) in [5.74, 6) is 1.66. The first-order valence-corrected chi connectivity index (χ1v) is 4.74. The predicted molar refractivity (Wildman–Crippen MR) is 58.7 cm³/mol. The van der Waals surface area contributed by atoms with E-state index in [-0.39, 0.29) is 11.7 Å². The zero-order valence-corrected chi connectivity index (χ0v) is 8.92. The van der Waals surface area contributed by atoms with E-state index in [9.17, 15) is 9.18 Å². The van der Waals surface area contributed by atoms with Crippen LogP contribution in [0.1, 0.15) is 16.8 Å². The Morgan fingerprint density at radius 3 is 3.00 bits per heavy atom. The molecular formula is C12H12FNO2. The van der Waals surface area contributed by atoms with E-state index >= 15 is 0 Å². The van der Waals surface area contributed by atoms with E-state index in [4.69, 9.17) is 11.2 Å². The smallest absolute Gasteiger partial charge is 0.251 e. The average molecular weight is 221 g/mol. The van der Waals surface area contributed by atoms with Crippen LogP contribution < -0.4 is 10.1 Å². The van der Waals surface area contributed by atoms with Gasteiger partial charge in [-0.1, -0.05) is 0 Å². The SMILES string of the molecule is C#CCCNC(=O)c1ccc(F)c(OC)c1. The minimum Gasteiger partial charge on any atom is -0.494 e. The third kappa shape index (κ3) is 2.99. The largest absolute Gasteiger partial charge is 0.494 e. The number of nitrogens with one attached hydrogen (secondary N) is 1. The molecule has 0 heterocycles. The topological polar surface area (TPSA) is 38.3 Å².